The molecule has 0 bridgehead atoms. The second-order valence-electron chi connectivity index (χ2n) is 3.91. The number of hydrogen-bond donors (Lipinski definition) is 1. The highest BCUT2D eigenvalue weighted by Gasteiger charge is 2.22. The molecular formula is C12H16ClNO2. The number of rotatable bonds is 1. The smallest absolute Gasteiger partial charge is 0.407 e. The van der Waals surface area contributed by atoms with Crippen LogP contribution in [0.1, 0.15) is 29.2 Å². The van der Waals surface area contributed by atoms with Crippen LogP contribution >= 0.6 is 12.4 Å². The summed E-state index contributed by atoms with van der Waals surface area (Å²) in [7, 11) is 0. The van der Waals surface area contributed by atoms with E-state index in [0.29, 0.717) is 6.61 Å². The maximum atomic E-state index is 11.1. The second-order valence-corrected chi connectivity index (χ2v) is 3.91. The minimum absolute atomic E-state index is 0. The summed E-state index contributed by atoms with van der Waals surface area (Å²) in [6.07, 6.45) is 0.530. The van der Waals surface area contributed by atoms with E-state index >= 15 is 0 Å². The summed E-state index contributed by atoms with van der Waals surface area (Å²) in [5, 5.41) is 2.84. The number of carbonyl (C=O) groups excluding carboxylic acids is 1. The molecule has 0 aromatic heterocycles. The minimum Gasteiger partial charge on any atom is -0.449 e. The molecule has 0 spiro atoms. The number of alkyl carbamates (subject to hydrolysis) is 1. The first-order valence-corrected chi connectivity index (χ1v) is 5.18. The van der Waals surface area contributed by atoms with Crippen molar-refractivity contribution in [3.05, 3.63) is 34.9 Å². The maximum Gasteiger partial charge on any atom is 0.407 e. The topological polar surface area (TPSA) is 38.3 Å². The van der Waals surface area contributed by atoms with Crippen LogP contribution in [0, 0.1) is 13.8 Å². The fourth-order valence-corrected chi connectivity index (χ4v) is 1.91. The van der Waals surface area contributed by atoms with Crippen LogP contribution in [-0.4, -0.2) is 12.7 Å². The molecule has 0 aliphatic carbocycles. The lowest BCUT2D eigenvalue weighted by molar-refractivity contribution is 0.115. The first-order chi connectivity index (χ1) is 7.18. The van der Waals surface area contributed by atoms with Gasteiger partial charge >= 0.3 is 6.09 Å². The SMILES string of the molecule is Cc1cccc([C@H]2CCOC(=O)N2)c1C.Cl. The van der Waals surface area contributed by atoms with Gasteiger partial charge in [0.25, 0.3) is 0 Å². The van der Waals surface area contributed by atoms with Gasteiger partial charge in [0.2, 0.25) is 0 Å². The Morgan fingerprint density at radius 1 is 1.38 bits per heavy atom. The van der Waals surface area contributed by atoms with Gasteiger partial charge in [-0.25, -0.2) is 4.79 Å². The van der Waals surface area contributed by atoms with E-state index in [-0.39, 0.29) is 24.5 Å². The number of carbonyl (C=O) groups is 1. The highest BCUT2D eigenvalue weighted by atomic mass is 35.5. The zero-order valence-corrected chi connectivity index (χ0v) is 10.3. The summed E-state index contributed by atoms with van der Waals surface area (Å²) in [4.78, 5) is 11.1. The Kier molecular flexibility index (Phi) is 4.19. The molecule has 0 radical (unpaired) electrons. The Bertz CT molecular complexity index is 393. The Hall–Kier alpha value is -1.22. The van der Waals surface area contributed by atoms with Gasteiger partial charge in [0, 0.05) is 6.42 Å². The van der Waals surface area contributed by atoms with Crippen molar-refractivity contribution in [1.29, 1.82) is 0 Å². The van der Waals surface area contributed by atoms with Crippen LogP contribution in [0.5, 0.6) is 0 Å². The van der Waals surface area contributed by atoms with Gasteiger partial charge in [-0.3, -0.25) is 0 Å². The number of cyclic esters (lactones) is 1. The van der Waals surface area contributed by atoms with Gasteiger partial charge in [-0.15, -0.1) is 12.4 Å². The van der Waals surface area contributed by atoms with Gasteiger partial charge in [-0.2, -0.15) is 0 Å². The molecule has 1 aromatic carbocycles. The predicted molar refractivity (Wildman–Crippen MR) is 65.0 cm³/mol. The van der Waals surface area contributed by atoms with E-state index in [1.807, 2.05) is 6.07 Å². The molecule has 0 saturated carbocycles. The fraction of sp³-hybridized carbons (Fsp3) is 0.417. The van der Waals surface area contributed by atoms with Crippen LogP contribution in [0.3, 0.4) is 0 Å². The van der Waals surface area contributed by atoms with Crippen molar-refractivity contribution < 1.29 is 9.53 Å². The van der Waals surface area contributed by atoms with E-state index in [4.69, 9.17) is 4.74 Å². The number of amides is 1. The summed E-state index contributed by atoms with van der Waals surface area (Å²) in [5.41, 5.74) is 3.71. The van der Waals surface area contributed by atoms with Crippen molar-refractivity contribution >= 4 is 18.5 Å². The molecule has 16 heavy (non-hydrogen) atoms. The molecule has 1 atom stereocenters. The van der Waals surface area contributed by atoms with Crippen molar-refractivity contribution in [3.63, 3.8) is 0 Å². The summed E-state index contributed by atoms with van der Waals surface area (Å²) in [6.45, 7) is 4.68. The summed E-state index contributed by atoms with van der Waals surface area (Å²) in [6, 6.07) is 6.28. The van der Waals surface area contributed by atoms with Crippen LogP contribution in [0.4, 0.5) is 4.79 Å². The average Bonchev–Trinajstić information content (AvgIpc) is 2.22. The quantitative estimate of drug-likeness (QED) is 0.821. The van der Waals surface area contributed by atoms with Crippen molar-refractivity contribution in [2.75, 3.05) is 6.61 Å². The molecule has 0 unspecified atom stereocenters. The molecular weight excluding hydrogens is 226 g/mol. The lowest BCUT2D eigenvalue weighted by Gasteiger charge is -2.25. The molecule has 1 saturated heterocycles. The van der Waals surface area contributed by atoms with Crippen molar-refractivity contribution in [1.82, 2.24) is 5.32 Å². The van der Waals surface area contributed by atoms with E-state index < -0.39 is 0 Å². The number of nitrogens with one attached hydrogen (secondary N) is 1. The number of hydrogen-bond acceptors (Lipinski definition) is 2. The normalized spacial score (nSPS) is 19.4. The molecule has 1 aliphatic rings. The van der Waals surface area contributed by atoms with Crippen molar-refractivity contribution in [2.45, 2.75) is 26.3 Å². The Labute approximate surface area is 102 Å². The first kappa shape index (κ1) is 12.8. The van der Waals surface area contributed by atoms with E-state index in [9.17, 15) is 4.79 Å². The third-order valence-corrected chi connectivity index (χ3v) is 2.95. The van der Waals surface area contributed by atoms with Crippen molar-refractivity contribution in [2.24, 2.45) is 0 Å². The number of ether oxygens (including phenoxy) is 1. The van der Waals surface area contributed by atoms with Gasteiger partial charge in [-0.05, 0) is 30.5 Å². The molecule has 4 heteroatoms. The maximum absolute atomic E-state index is 11.1. The molecule has 1 amide bonds. The molecule has 1 heterocycles. The Balaban J connectivity index is 0.00000128. The summed E-state index contributed by atoms with van der Waals surface area (Å²) < 4.78 is 4.85. The number of benzene rings is 1. The van der Waals surface area contributed by atoms with E-state index in [1.54, 1.807) is 0 Å². The van der Waals surface area contributed by atoms with Gasteiger partial charge in [0.15, 0.2) is 0 Å². The standard InChI is InChI=1S/C12H15NO2.ClH/c1-8-4-3-5-10(9(8)2)11-6-7-15-12(14)13-11;/h3-5,11H,6-7H2,1-2H3,(H,13,14);1H/t11-;/m1./s1. The van der Waals surface area contributed by atoms with Crippen LogP contribution < -0.4 is 5.32 Å². The van der Waals surface area contributed by atoms with Crippen LogP contribution in [0.2, 0.25) is 0 Å². The third kappa shape index (κ3) is 2.47. The van der Waals surface area contributed by atoms with E-state index in [0.717, 1.165) is 6.42 Å². The van der Waals surface area contributed by atoms with Gasteiger partial charge < -0.3 is 10.1 Å². The van der Waals surface area contributed by atoms with Gasteiger partial charge in [0.1, 0.15) is 0 Å². The lowest BCUT2D eigenvalue weighted by atomic mass is 9.95. The zero-order valence-electron chi connectivity index (χ0n) is 9.45. The second kappa shape index (κ2) is 5.21. The molecule has 88 valence electrons. The van der Waals surface area contributed by atoms with Gasteiger partial charge in [0.05, 0.1) is 12.6 Å². The fourth-order valence-electron chi connectivity index (χ4n) is 1.91. The Morgan fingerprint density at radius 2 is 2.12 bits per heavy atom. The monoisotopic (exact) mass is 241 g/mol. The van der Waals surface area contributed by atoms with Gasteiger partial charge in [-0.1, -0.05) is 18.2 Å². The molecule has 1 aromatic rings. The average molecular weight is 242 g/mol. The molecule has 1 fully saturated rings. The summed E-state index contributed by atoms with van der Waals surface area (Å²) >= 11 is 0. The number of aryl methyl sites for hydroxylation is 1. The van der Waals surface area contributed by atoms with E-state index in [2.05, 4.69) is 31.3 Å². The van der Waals surface area contributed by atoms with Crippen LogP contribution in [0.15, 0.2) is 18.2 Å². The molecule has 3 nitrogen and oxygen atoms in total. The Morgan fingerprint density at radius 3 is 2.81 bits per heavy atom. The molecule has 2 rings (SSSR count). The van der Waals surface area contributed by atoms with E-state index in [1.165, 1.54) is 16.7 Å². The highest BCUT2D eigenvalue weighted by Crippen LogP contribution is 2.24. The molecule has 1 N–H and O–H groups in total. The highest BCUT2D eigenvalue weighted by molar-refractivity contribution is 5.85. The predicted octanol–water partition coefficient (Wildman–Crippen LogP) is 2.90. The largest absolute Gasteiger partial charge is 0.449 e. The zero-order chi connectivity index (χ0) is 10.8. The first-order valence-electron chi connectivity index (χ1n) is 5.18. The lowest BCUT2D eigenvalue weighted by Crippen LogP contribution is -2.35. The molecule has 1 aliphatic heterocycles. The minimum atomic E-state index is -0.313. The van der Waals surface area contributed by atoms with Crippen molar-refractivity contribution in [3.8, 4) is 0 Å². The number of halogens is 1. The van der Waals surface area contributed by atoms with Crippen LogP contribution in [-0.2, 0) is 4.74 Å². The van der Waals surface area contributed by atoms with Crippen LogP contribution in [0.25, 0.3) is 0 Å². The third-order valence-electron chi connectivity index (χ3n) is 2.95. The summed E-state index contributed by atoms with van der Waals surface area (Å²) in [5.74, 6) is 0.